The zero-order chi connectivity index (χ0) is 21.3. The highest BCUT2D eigenvalue weighted by molar-refractivity contribution is 7.92. The van der Waals surface area contributed by atoms with Gasteiger partial charge in [-0.1, -0.05) is 68.4 Å². The number of esters is 1. The smallest absolute Gasteiger partial charge is 0.321 e. The Kier molecular flexibility index (Phi) is 8.30. The molecule has 0 aromatic heterocycles. The van der Waals surface area contributed by atoms with Gasteiger partial charge < -0.3 is 4.74 Å². The molecule has 2 aromatic rings. The molecule has 29 heavy (non-hydrogen) atoms. The fraction of sp³-hybridized carbons (Fsp3) is 0.273. The molecule has 0 fully saturated rings. The topological polar surface area (TPSA) is 89.5 Å². The molecular weight excluding hydrogens is 390 g/mol. The van der Waals surface area contributed by atoms with E-state index in [1.54, 1.807) is 36.4 Å². The molecule has 0 saturated heterocycles. The molecule has 7 heteroatoms. The molecular formula is C22H25NO5S. The van der Waals surface area contributed by atoms with E-state index in [-0.39, 0.29) is 5.78 Å². The van der Waals surface area contributed by atoms with E-state index < -0.39 is 29.1 Å². The zero-order valence-electron chi connectivity index (χ0n) is 16.5. The standard InChI is InChI=1S/C22H25NO5S/c1-3-17(2)19-9-11-20(12-10-19)21(24)16-28-22(25)15-23-29(26,27)14-13-18-7-5-4-6-8-18/h4-14,17,23H,3,15-16H2,1-2H3/b14-13+/t17-/m0/s1. The molecule has 2 aromatic carbocycles. The molecule has 0 heterocycles. The Hall–Kier alpha value is -2.77. The number of carbonyl (C=O) groups is 2. The molecule has 0 aliphatic carbocycles. The summed E-state index contributed by atoms with van der Waals surface area (Å²) >= 11 is 0. The van der Waals surface area contributed by atoms with Crippen LogP contribution in [0.4, 0.5) is 0 Å². The first-order chi connectivity index (χ1) is 13.8. The number of benzene rings is 2. The third kappa shape index (κ3) is 7.63. The predicted molar refractivity (Wildman–Crippen MR) is 113 cm³/mol. The average Bonchev–Trinajstić information content (AvgIpc) is 2.75. The number of ketones is 1. The summed E-state index contributed by atoms with van der Waals surface area (Å²) < 4.78 is 30.8. The quantitative estimate of drug-likeness (QED) is 0.474. The van der Waals surface area contributed by atoms with Crippen LogP contribution in [0.5, 0.6) is 0 Å². The van der Waals surface area contributed by atoms with Crippen molar-refractivity contribution in [2.45, 2.75) is 26.2 Å². The van der Waals surface area contributed by atoms with Gasteiger partial charge in [0, 0.05) is 11.0 Å². The number of sulfonamides is 1. The Morgan fingerprint density at radius 2 is 1.72 bits per heavy atom. The highest BCUT2D eigenvalue weighted by Crippen LogP contribution is 2.19. The fourth-order valence-electron chi connectivity index (χ4n) is 2.45. The van der Waals surface area contributed by atoms with Crippen LogP contribution in [0.25, 0.3) is 6.08 Å². The number of nitrogens with one attached hydrogen (secondary N) is 1. The van der Waals surface area contributed by atoms with Gasteiger partial charge in [0.15, 0.2) is 12.4 Å². The summed E-state index contributed by atoms with van der Waals surface area (Å²) in [4.78, 5) is 23.9. The predicted octanol–water partition coefficient (Wildman–Crippen LogP) is 3.52. The first-order valence-corrected chi connectivity index (χ1v) is 10.9. The number of rotatable bonds is 10. The van der Waals surface area contributed by atoms with Gasteiger partial charge in [-0.25, -0.2) is 13.1 Å². The van der Waals surface area contributed by atoms with E-state index in [0.717, 1.165) is 17.4 Å². The fourth-order valence-corrected chi connectivity index (χ4v) is 3.21. The van der Waals surface area contributed by atoms with Gasteiger partial charge in [0.2, 0.25) is 10.0 Å². The normalized spacial score (nSPS) is 12.6. The van der Waals surface area contributed by atoms with Crippen LogP contribution < -0.4 is 4.72 Å². The minimum Gasteiger partial charge on any atom is -0.456 e. The molecule has 0 spiro atoms. The summed E-state index contributed by atoms with van der Waals surface area (Å²) in [7, 11) is -3.80. The van der Waals surface area contributed by atoms with Gasteiger partial charge in [0.05, 0.1) is 0 Å². The summed E-state index contributed by atoms with van der Waals surface area (Å²) in [5, 5.41) is 0.972. The van der Waals surface area contributed by atoms with Crippen LogP contribution in [-0.4, -0.2) is 33.3 Å². The minimum absolute atomic E-state index is 0.346. The number of carbonyl (C=O) groups excluding carboxylic acids is 2. The van der Waals surface area contributed by atoms with E-state index in [1.165, 1.54) is 6.08 Å². The van der Waals surface area contributed by atoms with Crippen LogP contribution in [0, 0.1) is 0 Å². The van der Waals surface area contributed by atoms with Gasteiger partial charge in [-0.3, -0.25) is 9.59 Å². The van der Waals surface area contributed by atoms with Gasteiger partial charge >= 0.3 is 5.97 Å². The average molecular weight is 416 g/mol. The molecule has 0 bridgehead atoms. The lowest BCUT2D eigenvalue weighted by molar-refractivity contribution is -0.141. The second-order valence-corrected chi connectivity index (χ2v) is 8.25. The molecule has 154 valence electrons. The van der Waals surface area contributed by atoms with Crippen molar-refractivity contribution < 1.29 is 22.7 Å². The van der Waals surface area contributed by atoms with Crippen molar-refractivity contribution in [1.82, 2.24) is 4.72 Å². The molecule has 2 rings (SSSR count). The van der Waals surface area contributed by atoms with Gasteiger partial charge in [-0.05, 0) is 29.5 Å². The molecule has 0 amide bonds. The molecule has 0 saturated carbocycles. The van der Waals surface area contributed by atoms with Crippen molar-refractivity contribution in [3.05, 3.63) is 76.7 Å². The second kappa shape index (κ2) is 10.7. The van der Waals surface area contributed by atoms with Crippen molar-refractivity contribution in [3.8, 4) is 0 Å². The second-order valence-electron chi connectivity index (χ2n) is 6.59. The summed E-state index contributed by atoms with van der Waals surface area (Å²) in [5.41, 5.74) is 2.29. The monoisotopic (exact) mass is 415 g/mol. The van der Waals surface area contributed by atoms with Gasteiger partial charge in [-0.15, -0.1) is 0 Å². The lowest BCUT2D eigenvalue weighted by Crippen LogP contribution is -2.30. The minimum atomic E-state index is -3.80. The molecule has 0 unspecified atom stereocenters. The van der Waals surface area contributed by atoms with E-state index in [4.69, 9.17) is 4.74 Å². The van der Waals surface area contributed by atoms with Crippen LogP contribution in [0.3, 0.4) is 0 Å². The highest BCUT2D eigenvalue weighted by atomic mass is 32.2. The Morgan fingerprint density at radius 1 is 1.07 bits per heavy atom. The largest absolute Gasteiger partial charge is 0.456 e. The summed E-state index contributed by atoms with van der Waals surface area (Å²) in [6.07, 6.45) is 2.42. The van der Waals surface area contributed by atoms with Crippen molar-refractivity contribution >= 4 is 27.9 Å². The summed E-state index contributed by atoms with van der Waals surface area (Å²) in [6.45, 7) is 3.20. The van der Waals surface area contributed by atoms with E-state index >= 15 is 0 Å². The van der Waals surface area contributed by atoms with E-state index in [1.807, 2.05) is 18.2 Å². The Balaban J connectivity index is 1.80. The van der Waals surface area contributed by atoms with Crippen molar-refractivity contribution in [3.63, 3.8) is 0 Å². The molecule has 1 N–H and O–H groups in total. The number of ether oxygens (including phenoxy) is 1. The lowest BCUT2D eigenvalue weighted by atomic mass is 9.97. The van der Waals surface area contributed by atoms with E-state index in [0.29, 0.717) is 17.0 Å². The van der Waals surface area contributed by atoms with E-state index in [9.17, 15) is 18.0 Å². The van der Waals surface area contributed by atoms with Crippen molar-refractivity contribution in [1.29, 1.82) is 0 Å². The Labute approximate surface area is 171 Å². The molecule has 0 aliphatic heterocycles. The molecule has 1 atom stereocenters. The van der Waals surface area contributed by atoms with Gasteiger partial charge in [0.1, 0.15) is 6.54 Å². The Bertz CT molecular complexity index is 950. The molecule has 0 aliphatic rings. The number of hydrogen-bond acceptors (Lipinski definition) is 5. The van der Waals surface area contributed by atoms with Crippen molar-refractivity contribution in [2.75, 3.05) is 13.2 Å². The zero-order valence-corrected chi connectivity index (χ0v) is 17.3. The van der Waals surface area contributed by atoms with Crippen LogP contribution >= 0.6 is 0 Å². The summed E-state index contributed by atoms with van der Waals surface area (Å²) in [6, 6.07) is 16.1. The van der Waals surface area contributed by atoms with Crippen LogP contribution in [-0.2, 0) is 19.6 Å². The molecule has 6 nitrogen and oxygen atoms in total. The SMILES string of the molecule is CC[C@H](C)c1ccc(C(=O)COC(=O)CNS(=O)(=O)/C=C/c2ccccc2)cc1. The highest BCUT2D eigenvalue weighted by Gasteiger charge is 2.13. The third-order valence-corrected chi connectivity index (χ3v) is 5.48. The van der Waals surface area contributed by atoms with Gasteiger partial charge in [-0.2, -0.15) is 0 Å². The van der Waals surface area contributed by atoms with Crippen molar-refractivity contribution in [2.24, 2.45) is 0 Å². The van der Waals surface area contributed by atoms with Crippen LogP contribution in [0.1, 0.15) is 47.7 Å². The van der Waals surface area contributed by atoms with Crippen LogP contribution in [0.2, 0.25) is 0 Å². The maximum Gasteiger partial charge on any atom is 0.321 e. The van der Waals surface area contributed by atoms with Gasteiger partial charge in [0.25, 0.3) is 0 Å². The lowest BCUT2D eigenvalue weighted by Gasteiger charge is -2.09. The maximum atomic E-state index is 12.1. The first-order valence-electron chi connectivity index (χ1n) is 9.32. The Morgan fingerprint density at radius 3 is 2.34 bits per heavy atom. The van der Waals surface area contributed by atoms with E-state index in [2.05, 4.69) is 18.6 Å². The summed E-state index contributed by atoms with van der Waals surface area (Å²) in [5.74, 6) is -0.770. The first kappa shape index (κ1) is 22.5. The number of hydrogen-bond donors (Lipinski definition) is 1. The third-order valence-electron chi connectivity index (χ3n) is 4.44. The van der Waals surface area contributed by atoms with Crippen LogP contribution in [0.15, 0.2) is 60.0 Å². The maximum absolute atomic E-state index is 12.1. The number of Topliss-reactive ketones (excluding diaryl/α,β-unsaturated/α-hetero) is 1. The molecule has 0 radical (unpaired) electrons.